The van der Waals surface area contributed by atoms with E-state index in [-0.39, 0.29) is 0 Å². The van der Waals surface area contributed by atoms with E-state index < -0.39 is 0 Å². The monoisotopic (exact) mass is 267 g/mol. The molecule has 3 rings (SSSR count). The van der Waals surface area contributed by atoms with Crippen LogP contribution in [0, 0.1) is 0 Å². The topological polar surface area (TPSA) is 41.6 Å². The van der Waals surface area contributed by atoms with Crippen LogP contribution in [0.5, 0.6) is 0 Å². The van der Waals surface area contributed by atoms with Crippen molar-refractivity contribution in [2.45, 2.75) is 33.1 Å². The van der Waals surface area contributed by atoms with Crippen molar-refractivity contribution in [3.8, 4) is 11.5 Å². The highest BCUT2D eigenvalue weighted by molar-refractivity contribution is 5.92. The number of hydrogen-bond donors (Lipinski definition) is 1. The molecule has 0 aliphatic heterocycles. The third-order valence-electron chi connectivity index (χ3n) is 3.10. The first-order valence-corrected chi connectivity index (χ1v) is 7.20. The summed E-state index contributed by atoms with van der Waals surface area (Å²) in [4.78, 5) is 11.6. The number of benzene rings is 1. The zero-order valence-corrected chi connectivity index (χ0v) is 12.1. The molecular weight excluding hydrogens is 246 g/mol. The molecule has 0 unspecified atom stereocenters. The summed E-state index contributed by atoms with van der Waals surface area (Å²) in [7, 11) is 0. The van der Waals surface area contributed by atoms with E-state index in [0.717, 1.165) is 16.9 Å². The van der Waals surface area contributed by atoms with Crippen molar-refractivity contribution in [3.63, 3.8) is 0 Å². The molecule has 2 heterocycles. The fourth-order valence-corrected chi connectivity index (χ4v) is 2.06. The molecule has 0 aliphatic carbocycles. The van der Waals surface area contributed by atoms with E-state index in [9.17, 15) is 0 Å². The number of nitrogens with zero attached hydrogens (tertiary/aromatic N) is 2. The lowest BCUT2D eigenvalue weighted by Gasteiger charge is -2.01. The first kappa shape index (κ1) is 14.3. The minimum atomic E-state index is 0.812. The van der Waals surface area contributed by atoms with Crippen molar-refractivity contribution in [1.82, 2.24) is 15.0 Å². The summed E-state index contributed by atoms with van der Waals surface area (Å²) < 4.78 is 0. The number of hydrogen-bond acceptors (Lipinski definition) is 2. The standard InChI is InChI=1S/C12H9N3.C5H12/c1-2-4-10-9(3-1)5-6-13-11(10)12-14-7-8-15-12;1-3-5-4-2/h1-8H,(H,14,15);3-5H2,1-2H3. The summed E-state index contributed by atoms with van der Waals surface area (Å²) in [5.74, 6) is 0.812. The van der Waals surface area contributed by atoms with Gasteiger partial charge in [-0.1, -0.05) is 57.4 Å². The zero-order valence-electron chi connectivity index (χ0n) is 12.1. The van der Waals surface area contributed by atoms with E-state index in [1.165, 1.54) is 24.6 Å². The molecule has 0 aliphatic rings. The Morgan fingerprint density at radius 2 is 1.75 bits per heavy atom. The lowest BCUT2D eigenvalue weighted by atomic mass is 10.1. The van der Waals surface area contributed by atoms with Gasteiger partial charge in [0.15, 0.2) is 5.82 Å². The minimum absolute atomic E-state index is 0.812. The van der Waals surface area contributed by atoms with Gasteiger partial charge in [-0.15, -0.1) is 0 Å². The quantitative estimate of drug-likeness (QED) is 0.739. The SMILES string of the molecule is CCCCC.c1ccc2c(-c3ncc[nH]3)nccc2c1. The van der Waals surface area contributed by atoms with Crippen LogP contribution in [-0.2, 0) is 0 Å². The van der Waals surface area contributed by atoms with Crippen molar-refractivity contribution in [2.75, 3.05) is 0 Å². The molecule has 104 valence electrons. The van der Waals surface area contributed by atoms with E-state index in [2.05, 4.69) is 40.9 Å². The largest absolute Gasteiger partial charge is 0.343 e. The van der Waals surface area contributed by atoms with Crippen LogP contribution < -0.4 is 0 Å². The van der Waals surface area contributed by atoms with Crippen LogP contribution in [0.3, 0.4) is 0 Å². The van der Waals surface area contributed by atoms with E-state index >= 15 is 0 Å². The highest BCUT2D eigenvalue weighted by Gasteiger charge is 2.05. The number of aromatic amines is 1. The Morgan fingerprint density at radius 1 is 0.950 bits per heavy atom. The van der Waals surface area contributed by atoms with Crippen molar-refractivity contribution >= 4 is 10.8 Å². The Balaban J connectivity index is 0.000000257. The predicted molar refractivity (Wildman–Crippen MR) is 84.5 cm³/mol. The maximum absolute atomic E-state index is 4.36. The number of pyridine rings is 1. The molecule has 0 saturated carbocycles. The number of unbranched alkanes of at least 4 members (excludes halogenated alkanes) is 2. The molecule has 0 bridgehead atoms. The molecule has 1 aromatic carbocycles. The van der Waals surface area contributed by atoms with Crippen molar-refractivity contribution in [2.24, 2.45) is 0 Å². The van der Waals surface area contributed by atoms with Crippen LogP contribution in [0.15, 0.2) is 48.9 Å². The van der Waals surface area contributed by atoms with Crippen molar-refractivity contribution in [3.05, 3.63) is 48.9 Å². The molecule has 0 atom stereocenters. The van der Waals surface area contributed by atoms with Crippen LogP contribution in [0.2, 0.25) is 0 Å². The first-order chi connectivity index (χ1) is 9.86. The van der Waals surface area contributed by atoms with Crippen LogP contribution in [0.25, 0.3) is 22.3 Å². The second-order valence-corrected chi connectivity index (χ2v) is 4.67. The summed E-state index contributed by atoms with van der Waals surface area (Å²) in [6, 6.07) is 10.2. The van der Waals surface area contributed by atoms with Gasteiger partial charge in [-0.2, -0.15) is 0 Å². The highest BCUT2D eigenvalue weighted by Crippen LogP contribution is 2.22. The normalized spacial score (nSPS) is 10.1. The van der Waals surface area contributed by atoms with Gasteiger partial charge in [-0.05, 0) is 11.5 Å². The van der Waals surface area contributed by atoms with E-state index in [4.69, 9.17) is 0 Å². The van der Waals surface area contributed by atoms with Gasteiger partial charge in [0.25, 0.3) is 0 Å². The Hall–Kier alpha value is -2.16. The van der Waals surface area contributed by atoms with E-state index in [1.54, 1.807) is 18.6 Å². The fraction of sp³-hybridized carbons (Fsp3) is 0.294. The molecule has 2 aromatic heterocycles. The van der Waals surface area contributed by atoms with Gasteiger partial charge in [0.05, 0.1) is 0 Å². The van der Waals surface area contributed by atoms with Gasteiger partial charge in [-0.25, -0.2) is 4.98 Å². The summed E-state index contributed by atoms with van der Waals surface area (Å²) in [6.45, 7) is 4.42. The van der Waals surface area contributed by atoms with Gasteiger partial charge < -0.3 is 4.98 Å². The van der Waals surface area contributed by atoms with Crippen LogP contribution in [0.4, 0.5) is 0 Å². The molecule has 0 spiro atoms. The van der Waals surface area contributed by atoms with Gasteiger partial charge in [0.1, 0.15) is 5.69 Å². The Kier molecular flexibility index (Phi) is 5.30. The minimum Gasteiger partial charge on any atom is -0.343 e. The summed E-state index contributed by atoms with van der Waals surface area (Å²) in [5.41, 5.74) is 0.901. The van der Waals surface area contributed by atoms with Crippen LogP contribution in [-0.4, -0.2) is 15.0 Å². The number of rotatable bonds is 3. The Morgan fingerprint density at radius 3 is 2.40 bits per heavy atom. The molecule has 3 aromatic rings. The summed E-state index contributed by atoms with van der Waals surface area (Å²) >= 11 is 0. The molecular formula is C17H21N3. The molecule has 1 N–H and O–H groups in total. The second-order valence-electron chi connectivity index (χ2n) is 4.67. The molecule has 0 saturated heterocycles. The Labute approximate surface area is 120 Å². The smallest absolute Gasteiger partial charge is 0.156 e. The lowest BCUT2D eigenvalue weighted by Crippen LogP contribution is -1.87. The number of imidazole rings is 1. The van der Waals surface area contributed by atoms with Gasteiger partial charge in [0.2, 0.25) is 0 Å². The fourth-order valence-electron chi connectivity index (χ4n) is 2.06. The third kappa shape index (κ3) is 3.44. The summed E-state index contributed by atoms with van der Waals surface area (Å²) in [5, 5.41) is 2.30. The molecule has 3 heteroatoms. The average molecular weight is 267 g/mol. The first-order valence-electron chi connectivity index (χ1n) is 7.20. The van der Waals surface area contributed by atoms with Gasteiger partial charge in [0, 0.05) is 24.0 Å². The van der Waals surface area contributed by atoms with Crippen molar-refractivity contribution in [1.29, 1.82) is 0 Å². The number of nitrogens with one attached hydrogen (secondary N) is 1. The second kappa shape index (κ2) is 7.43. The van der Waals surface area contributed by atoms with Crippen molar-refractivity contribution < 1.29 is 0 Å². The molecule has 20 heavy (non-hydrogen) atoms. The molecule has 0 amide bonds. The number of H-pyrrole nitrogens is 1. The maximum atomic E-state index is 4.36. The summed E-state index contributed by atoms with van der Waals surface area (Å²) in [6.07, 6.45) is 9.42. The van der Waals surface area contributed by atoms with E-state index in [1.807, 2.05) is 18.2 Å². The van der Waals surface area contributed by atoms with Crippen LogP contribution in [0.1, 0.15) is 33.1 Å². The highest BCUT2D eigenvalue weighted by atomic mass is 14.9. The molecule has 0 fully saturated rings. The molecule has 3 nitrogen and oxygen atoms in total. The Bertz CT molecular complexity index is 622. The number of aromatic nitrogens is 3. The number of fused-ring (bicyclic) bond motifs is 1. The zero-order chi connectivity index (χ0) is 14.2. The predicted octanol–water partition coefficient (Wildman–Crippen LogP) is 4.82. The van der Waals surface area contributed by atoms with Gasteiger partial charge in [-0.3, -0.25) is 4.98 Å². The third-order valence-corrected chi connectivity index (χ3v) is 3.10. The average Bonchev–Trinajstić information content (AvgIpc) is 3.02. The maximum Gasteiger partial charge on any atom is 0.156 e. The lowest BCUT2D eigenvalue weighted by molar-refractivity contribution is 0.772. The van der Waals surface area contributed by atoms with E-state index in [0.29, 0.717) is 0 Å². The van der Waals surface area contributed by atoms with Crippen LogP contribution >= 0.6 is 0 Å². The molecule has 0 radical (unpaired) electrons. The van der Waals surface area contributed by atoms with Gasteiger partial charge >= 0.3 is 0 Å².